The maximum absolute atomic E-state index is 13.6. The van der Waals surface area contributed by atoms with Gasteiger partial charge in [-0.1, -0.05) is 41.9 Å². The van der Waals surface area contributed by atoms with Gasteiger partial charge < -0.3 is 14.6 Å². The van der Waals surface area contributed by atoms with Crippen molar-refractivity contribution in [2.75, 3.05) is 19.1 Å². The van der Waals surface area contributed by atoms with Crippen LogP contribution in [0.4, 0.5) is 10.1 Å². The number of hydrogen-bond donors (Lipinski definition) is 1. The molecule has 6 nitrogen and oxygen atoms in total. The third kappa shape index (κ3) is 3.91. The molecule has 1 saturated heterocycles. The van der Waals surface area contributed by atoms with E-state index in [1.807, 2.05) is 0 Å². The molecule has 4 rings (SSSR count). The van der Waals surface area contributed by atoms with Gasteiger partial charge >= 0.3 is 0 Å². The number of aliphatic hydroxyl groups excluding tert-OH is 1. The Bertz CT molecular complexity index is 1260. The van der Waals surface area contributed by atoms with Crippen molar-refractivity contribution < 1.29 is 28.6 Å². The maximum Gasteiger partial charge on any atom is 0.300 e. The van der Waals surface area contributed by atoms with Crippen LogP contribution in [0.3, 0.4) is 0 Å². The zero-order valence-electron chi connectivity index (χ0n) is 17.7. The van der Waals surface area contributed by atoms with Crippen LogP contribution >= 0.6 is 11.6 Å². The van der Waals surface area contributed by atoms with Crippen molar-refractivity contribution in [1.29, 1.82) is 0 Å². The number of carbonyl (C=O) groups excluding carboxylic acids is 2. The van der Waals surface area contributed by atoms with E-state index < -0.39 is 29.3 Å². The number of halogens is 2. The van der Waals surface area contributed by atoms with Crippen molar-refractivity contribution in [3.05, 3.63) is 94.3 Å². The lowest BCUT2D eigenvalue weighted by atomic mass is 9.94. The second-order valence-corrected chi connectivity index (χ2v) is 7.65. The van der Waals surface area contributed by atoms with Gasteiger partial charge in [-0.25, -0.2) is 4.39 Å². The molecule has 0 aliphatic carbocycles. The number of Topliss-reactive ketones (excluding diaryl/α,β-unsaturated/α-hetero) is 1. The van der Waals surface area contributed by atoms with Crippen LogP contribution in [0.25, 0.3) is 5.76 Å². The normalized spacial score (nSPS) is 17.3. The predicted octanol–water partition coefficient (Wildman–Crippen LogP) is 5.12. The van der Waals surface area contributed by atoms with Crippen molar-refractivity contribution >= 4 is 34.7 Å². The Morgan fingerprint density at radius 3 is 2.21 bits per heavy atom. The molecule has 0 spiro atoms. The number of ketones is 1. The summed E-state index contributed by atoms with van der Waals surface area (Å²) in [6, 6.07) is 15.8. The molecule has 1 N–H and O–H groups in total. The molecule has 1 aliphatic rings. The summed E-state index contributed by atoms with van der Waals surface area (Å²) in [5.74, 6) is -2.15. The fourth-order valence-electron chi connectivity index (χ4n) is 3.84. The molecule has 0 bridgehead atoms. The van der Waals surface area contributed by atoms with Crippen LogP contribution in [0.2, 0.25) is 5.02 Å². The van der Waals surface area contributed by atoms with Gasteiger partial charge in [0.15, 0.2) is 0 Å². The molecule has 0 radical (unpaired) electrons. The molecule has 8 heteroatoms. The second-order valence-electron chi connectivity index (χ2n) is 7.24. The van der Waals surface area contributed by atoms with E-state index >= 15 is 0 Å². The van der Waals surface area contributed by atoms with E-state index in [1.165, 1.54) is 55.5 Å². The lowest BCUT2D eigenvalue weighted by Crippen LogP contribution is -2.29. The highest BCUT2D eigenvalue weighted by Gasteiger charge is 2.47. The van der Waals surface area contributed by atoms with Crippen LogP contribution in [-0.4, -0.2) is 31.0 Å². The van der Waals surface area contributed by atoms with E-state index in [1.54, 1.807) is 30.3 Å². The van der Waals surface area contributed by atoms with E-state index in [4.69, 9.17) is 21.1 Å². The minimum absolute atomic E-state index is 0.112. The summed E-state index contributed by atoms with van der Waals surface area (Å²) in [6.07, 6.45) is 0. The number of hydrogen-bond acceptors (Lipinski definition) is 5. The third-order valence-corrected chi connectivity index (χ3v) is 5.69. The zero-order valence-corrected chi connectivity index (χ0v) is 18.5. The number of anilines is 1. The first-order chi connectivity index (χ1) is 15.9. The second kappa shape index (κ2) is 8.96. The van der Waals surface area contributed by atoms with Crippen LogP contribution in [0.15, 0.2) is 72.3 Å². The van der Waals surface area contributed by atoms with Crippen LogP contribution < -0.4 is 14.4 Å². The highest BCUT2D eigenvalue weighted by molar-refractivity contribution is 6.51. The first kappa shape index (κ1) is 22.4. The predicted molar refractivity (Wildman–Crippen MR) is 122 cm³/mol. The van der Waals surface area contributed by atoms with Gasteiger partial charge in [-0.15, -0.1) is 0 Å². The molecule has 168 valence electrons. The molecular formula is C25H19ClFNO5. The lowest BCUT2D eigenvalue weighted by Gasteiger charge is -2.25. The van der Waals surface area contributed by atoms with Gasteiger partial charge in [0.1, 0.15) is 23.1 Å². The topological polar surface area (TPSA) is 76.1 Å². The van der Waals surface area contributed by atoms with E-state index in [0.29, 0.717) is 17.0 Å². The van der Waals surface area contributed by atoms with Gasteiger partial charge in [0.25, 0.3) is 11.7 Å². The highest BCUT2D eigenvalue weighted by Crippen LogP contribution is 2.44. The summed E-state index contributed by atoms with van der Waals surface area (Å²) in [5.41, 5.74) is 0.837. The van der Waals surface area contributed by atoms with Crippen molar-refractivity contribution in [3.63, 3.8) is 0 Å². The SMILES string of the molecule is COc1cc(OC)c(/C(O)=C2\C(=O)C(=O)N(c3ccccc3)C2c2ccc(F)cc2)cc1Cl. The van der Waals surface area contributed by atoms with Gasteiger partial charge in [0, 0.05) is 11.8 Å². The minimum atomic E-state index is -1.00. The Labute approximate surface area is 194 Å². The molecule has 1 unspecified atom stereocenters. The minimum Gasteiger partial charge on any atom is -0.507 e. The third-order valence-electron chi connectivity index (χ3n) is 5.39. The van der Waals surface area contributed by atoms with E-state index in [0.717, 1.165) is 0 Å². The van der Waals surface area contributed by atoms with Crippen molar-refractivity contribution in [2.45, 2.75) is 6.04 Å². The monoisotopic (exact) mass is 467 g/mol. The largest absolute Gasteiger partial charge is 0.507 e. The van der Waals surface area contributed by atoms with Gasteiger partial charge in [-0.2, -0.15) is 0 Å². The van der Waals surface area contributed by atoms with Gasteiger partial charge in [-0.3, -0.25) is 14.5 Å². The summed E-state index contributed by atoms with van der Waals surface area (Å²) in [5, 5.41) is 11.5. The maximum atomic E-state index is 13.6. The standard InChI is InChI=1S/C25H19ClFNO5/c1-32-19-13-20(33-2)18(26)12-17(19)23(29)21-22(14-8-10-15(27)11-9-14)28(25(31)24(21)30)16-6-4-3-5-7-16/h3-13,22,29H,1-2H3/b23-21+. The Hall–Kier alpha value is -3.84. The van der Waals surface area contributed by atoms with Crippen LogP contribution in [0.5, 0.6) is 11.5 Å². The molecule has 33 heavy (non-hydrogen) atoms. The Balaban J connectivity index is 1.98. The summed E-state index contributed by atoms with van der Waals surface area (Å²) < 4.78 is 24.2. The summed E-state index contributed by atoms with van der Waals surface area (Å²) >= 11 is 6.25. The molecule has 3 aromatic rings. The lowest BCUT2D eigenvalue weighted by molar-refractivity contribution is -0.132. The number of ether oxygens (including phenoxy) is 2. The number of para-hydroxylation sites is 1. The fourth-order valence-corrected chi connectivity index (χ4v) is 4.08. The smallest absolute Gasteiger partial charge is 0.300 e. The van der Waals surface area contributed by atoms with Gasteiger partial charge in [0.2, 0.25) is 0 Å². The molecule has 1 heterocycles. The summed E-state index contributed by atoms with van der Waals surface area (Å²) in [7, 11) is 2.82. The molecule has 3 aromatic carbocycles. The average Bonchev–Trinajstić information content (AvgIpc) is 3.10. The van der Waals surface area contributed by atoms with E-state index in [2.05, 4.69) is 0 Å². The van der Waals surface area contributed by atoms with E-state index in [-0.39, 0.29) is 21.9 Å². The van der Waals surface area contributed by atoms with E-state index in [9.17, 15) is 19.1 Å². The average molecular weight is 468 g/mol. The number of rotatable bonds is 5. The Morgan fingerprint density at radius 2 is 1.61 bits per heavy atom. The van der Waals surface area contributed by atoms with Gasteiger partial charge in [0.05, 0.1) is 36.4 Å². The molecule has 0 aromatic heterocycles. The number of carbonyl (C=O) groups is 2. The number of benzene rings is 3. The Morgan fingerprint density at radius 1 is 0.970 bits per heavy atom. The summed E-state index contributed by atoms with van der Waals surface area (Å²) in [4.78, 5) is 27.6. The summed E-state index contributed by atoms with van der Waals surface area (Å²) in [6.45, 7) is 0. The molecule has 0 saturated carbocycles. The number of amides is 1. The number of nitrogens with zero attached hydrogens (tertiary/aromatic N) is 1. The highest BCUT2D eigenvalue weighted by atomic mass is 35.5. The van der Waals surface area contributed by atoms with Crippen LogP contribution in [0, 0.1) is 5.82 Å². The molecular weight excluding hydrogens is 449 g/mol. The molecule has 1 atom stereocenters. The van der Waals surface area contributed by atoms with Gasteiger partial charge in [-0.05, 0) is 35.9 Å². The fraction of sp³-hybridized carbons (Fsp3) is 0.120. The quantitative estimate of drug-likeness (QED) is 0.320. The van der Waals surface area contributed by atoms with Crippen molar-refractivity contribution in [3.8, 4) is 11.5 Å². The number of aliphatic hydroxyl groups is 1. The van der Waals surface area contributed by atoms with Crippen LogP contribution in [0.1, 0.15) is 17.2 Å². The molecule has 1 fully saturated rings. The van der Waals surface area contributed by atoms with Crippen molar-refractivity contribution in [2.24, 2.45) is 0 Å². The van der Waals surface area contributed by atoms with Crippen molar-refractivity contribution in [1.82, 2.24) is 0 Å². The zero-order chi connectivity index (χ0) is 23.7. The molecule has 1 amide bonds. The number of methoxy groups -OCH3 is 2. The van der Waals surface area contributed by atoms with Crippen LogP contribution in [-0.2, 0) is 9.59 Å². The first-order valence-corrected chi connectivity index (χ1v) is 10.3. The molecule has 1 aliphatic heterocycles. The first-order valence-electron chi connectivity index (χ1n) is 9.90. The Kier molecular flexibility index (Phi) is 6.07.